The van der Waals surface area contributed by atoms with Gasteiger partial charge in [0.25, 0.3) is 5.91 Å². The van der Waals surface area contributed by atoms with Crippen molar-refractivity contribution in [2.24, 2.45) is 7.05 Å². The molecule has 4 aromatic rings. The molecule has 0 unspecified atom stereocenters. The van der Waals surface area contributed by atoms with E-state index >= 15 is 0 Å². The fourth-order valence-electron chi connectivity index (χ4n) is 3.14. The zero-order valence-corrected chi connectivity index (χ0v) is 17.4. The van der Waals surface area contributed by atoms with Crippen molar-refractivity contribution in [3.05, 3.63) is 71.8 Å². The first kappa shape index (κ1) is 22.1. The number of nitrogens with one attached hydrogen (secondary N) is 2. The van der Waals surface area contributed by atoms with Crippen LogP contribution in [-0.2, 0) is 13.2 Å². The Hall–Kier alpha value is -4.15. The molecule has 0 saturated carbocycles. The average molecular weight is 459 g/mol. The van der Waals surface area contributed by atoms with Gasteiger partial charge in [0.15, 0.2) is 0 Å². The molecule has 0 saturated heterocycles. The Morgan fingerprint density at radius 3 is 2.55 bits per heavy atom. The van der Waals surface area contributed by atoms with Crippen LogP contribution in [-0.4, -0.2) is 27.5 Å². The zero-order valence-electron chi connectivity index (χ0n) is 17.4. The summed E-state index contributed by atoms with van der Waals surface area (Å²) in [6, 6.07) is 10.2. The zero-order chi connectivity index (χ0) is 23.8. The van der Waals surface area contributed by atoms with Gasteiger partial charge >= 0.3 is 6.18 Å². The summed E-state index contributed by atoms with van der Waals surface area (Å²) in [5.41, 5.74) is -0.0421. The minimum atomic E-state index is -4.60. The number of carbonyl (C=O) groups is 1. The summed E-state index contributed by atoms with van der Waals surface area (Å²) < 4.78 is 60.5. The highest BCUT2D eigenvalue weighted by Crippen LogP contribution is 2.33. The van der Waals surface area contributed by atoms with Gasteiger partial charge in [-0.05, 0) is 36.4 Å². The first-order chi connectivity index (χ1) is 15.7. The van der Waals surface area contributed by atoms with E-state index in [0.717, 1.165) is 6.07 Å². The number of alkyl halides is 3. The van der Waals surface area contributed by atoms with Crippen molar-refractivity contribution in [2.45, 2.75) is 6.18 Å². The van der Waals surface area contributed by atoms with Crippen LogP contribution in [0.15, 0.2) is 54.7 Å². The first-order valence-corrected chi connectivity index (χ1v) is 9.62. The number of amides is 1. The van der Waals surface area contributed by atoms with Crippen molar-refractivity contribution in [1.82, 2.24) is 19.9 Å². The molecule has 33 heavy (non-hydrogen) atoms. The molecule has 2 N–H and O–H groups in total. The van der Waals surface area contributed by atoms with Gasteiger partial charge < -0.3 is 19.9 Å². The Morgan fingerprint density at radius 1 is 1.06 bits per heavy atom. The quantitative estimate of drug-likeness (QED) is 0.410. The molecule has 0 radical (unpaired) electrons. The van der Waals surface area contributed by atoms with Crippen molar-refractivity contribution in [3.63, 3.8) is 0 Å². The molecule has 7 nitrogen and oxygen atoms in total. The molecule has 11 heteroatoms. The van der Waals surface area contributed by atoms with Gasteiger partial charge in [-0.2, -0.15) is 13.2 Å². The summed E-state index contributed by atoms with van der Waals surface area (Å²) in [6.45, 7) is 0. The predicted octanol–water partition coefficient (Wildman–Crippen LogP) is 5.02. The van der Waals surface area contributed by atoms with Gasteiger partial charge in [-0.15, -0.1) is 0 Å². The van der Waals surface area contributed by atoms with Crippen LogP contribution in [0.1, 0.15) is 16.1 Å². The fraction of sp³-hybridized carbons (Fsp3) is 0.136. The number of aromatic nitrogens is 3. The molecule has 0 aliphatic carbocycles. The molecule has 0 bridgehead atoms. The maximum Gasteiger partial charge on any atom is 0.416 e. The fourth-order valence-corrected chi connectivity index (χ4v) is 3.14. The number of rotatable bonds is 5. The number of pyridine rings is 1. The lowest BCUT2D eigenvalue weighted by Crippen LogP contribution is -2.18. The molecule has 0 fully saturated rings. The topological polar surface area (TPSA) is 81.1 Å². The highest BCUT2D eigenvalue weighted by atomic mass is 19.4. The van der Waals surface area contributed by atoms with Crippen molar-refractivity contribution in [3.8, 4) is 11.5 Å². The van der Waals surface area contributed by atoms with Crippen LogP contribution in [0.3, 0.4) is 0 Å². The Kier molecular flexibility index (Phi) is 5.62. The lowest BCUT2D eigenvalue weighted by molar-refractivity contribution is -0.137. The summed E-state index contributed by atoms with van der Waals surface area (Å²) in [4.78, 5) is 20.1. The normalized spacial score (nSPS) is 11.5. The smallest absolute Gasteiger partial charge is 0.416 e. The first-order valence-electron chi connectivity index (χ1n) is 9.62. The molecule has 0 atom stereocenters. The number of anilines is 2. The van der Waals surface area contributed by atoms with Gasteiger partial charge in [0.05, 0.1) is 22.3 Å². The Morgan fingerprint density at radius 2 is 1.82 bits per heavy atom. The maximum absolute atomic E-state index is 14.1. The number of hydrogen-bond acceptors (Lipinski definition) is 5. The van der Waals surface area contributed by atoms with E-state index in [4.69, 9.17) is 4.74 Å². The van der Waals surface area contributed by atoms with Gasteiger partial charge in [-0.25, -0.2) is 9.37 Å². The number of imidazole rings is 1. The monoisotopic (exact) mass is 459 g/mol. The SMILES string of the molecule is CNC(=O)c1cc(Oc2ccc3c(c2)nc(Nc2cc(C(F)(F)F)ccc2F)n3C)ccn1. The minimum absolute atomic E-state index is 0.145. The number of benzene rings is 2. The summed E-state index contributed by atoms with van der Waals surface area (Å²) in [6.07, 6.45) is -3.17. The summed E-state index contributed by atoms with van der Waals surface area (Å²) >= 11 is 0. The molecule has 2 aromatic carbocycles. The highest BCUT2D eigenvalue weighted by molar-refractivity contribution is 5.92. The predicted molar refractivity (Wildman–Crippen MR) is 113 cm³/mol. The Labute approximate surface area is 185 Å². The number of carbonyl (C=O) groups excluding carboxylic acids is 1. The molecule has 0 aliphatic rings. The van der Waals surface area contributed by atoms with Crippen LogP contribution in [0, 0.1) is 5.82 Å². The van der Waals surface area contributed by atoms with Crippen LogP contribution >= 0.6 is 0 Å². The van der Waals surface area contributed by atoms with E-state index in [9.17, 15) is 22.4 Å². The summed E-state index contributed by atoms with van der Waals surface area (Å²) in [5.74, 6) is -0.275. The van der Waals surface area contributed by atoms with Crippen molar-refractivity contribution in [2.75, 3.05) is 12.4 Å². The average Bonchev–Trinajstić information content (AvgIpc) is 3.08. The Balaban J connectivity index is 1.62. The second kappa shape index (κ2) is 8.41. The van der Waals surface area contributed by atoms with Gasteiger partial charge in [0.1, 0.15) is 23.0 Å². The molecule has 0 spiro atoms. The second-order valence-corrected chi connectivity index (χ2v) is 7.02. The number of nitrogens with zero attached hydrogens (tertiary/aromatic N) is 3. The van der Waals surface area contributed by atoms with Gasteiger partial charge in [-0.3, -0.25) is 9.78 Å². The van der Waals surface area contributed by atoms with Gasteiger partial charge in [-0.1, -0.05) is 0 Å². The van der Waals surface area contributed by atoms with E-state index in [1.165, 1.54) is 19.3 Å². The molecular weight excluding hydrogens is 442 g/mol. The van der Waals surface area contributed by atoms with Crippen LogP contribution < -0.4 is 15.4 Å². The van der Waals surface area contributed by atoms with E-state index < -0.39 is 17.6 Å². The third-order valence-electron chi connectivity index (χ3n) is 4.82. The molecule has 4 rings (SSSR count). The molecule has 1 amide bonds. The number of ether oxygens (including phenoxy) is 1. The van der Waals surface area contributed by atoms with Crippen molar-refractivity contribution < 1.29 is 27.1 Å². The van der Waals surface area contributed by atoms with E-state index in [0.29, 0.717) is 34.7 Å². The van der Waals surface area contributed by atoms with Gasteiger partial charge in [0.2, 0.25) is 5.95 Å². The number of hydrogen-bond donors (Lipinski definition) is 2. The van der Waals surface area contributed by atoms with Crippen molar-refractivity contribution in [1.29, 1.82) is 0 Å². The molecule has 0 aliphatic heterocycles. The molecular formula is C22H17F4N5O2. The standard InChI is InChI=1S/C22H17F4N5O2/c1-27-20(32)18-11-14(7-8-28-18)33-13-4-6-19-17(10-13)30-21(31(19)2)29-16-9-12(22(24,25)26)3-5-15(16)23/h3-11H,1-2H3,(H,27,32)(H,29,30). The second-order valence-electron chi connectivity index (χ2n) is 7.02. The maximum atomic E-state index is 14.1. The van der Waals surface area contributed by atoms with E-state index in [2.05, 4.69) is 20.6 Å². The molecule has 2 aromatic heterocycles. The highest BCUT2D eigenvalue weighted by Gasteiger charge is 2.31. The van der Waals surface area contributed by atoms with Crippen LogP contribution in [0.4, 0.5) is 29.2 Å². The van der Waals surface area contributed by atoms with E-state index in [1.807, 2.05) is 0 Å². The van der Waals surface area contributed by atoms with Crippen LogP contribution in [0.5, 0.6) is 11.5 Å². The van der Waals surface area contributed by atoms with Gasteiger partial charge in [0, 0.05) is 32.4 Å². The van der Waals surface area contributed by atoms with Crippen LogP contribution in [0.25, 0.3) is 11.0 Å². The summed E-state index contributed by atoms with van der Waals surface area (Å²) in [7, 11) is 3.13. The van der Waals surface area contributed by atoms with Crippen molar-refractivity contribution >= 4 is 28.6 Å². The molecule has 2 heterocycles. The number of halogens is 4. The number of fused-ring (bicyclic) bond motifs is 1. The largest absolute Gasteiger partial charge is 0.457 e. The molecule has 170 valence electrons. The lowest BCUT2D eigenvalue weighted by Gasteiger charge is -2.11. The minimum Gasteiger partial charge on any atom is -0.457 e. The summed E-state index contributed by atoms with van der Waals surface area (Å²) in [5, 5.41) is 5.10. The lowest BCUT2D eigenvalue weighted by atomic mass is 10.2. The van der Waals surface area contributed by atoms with E-state index in [1.54, 1.807) is 35.9 Å². The van der Waals surface area contributed by atoms with E-state index in [-0.39, 0.29) is 23.2 Å². The Bertz CT molecular complexity index is 1350. The van der Waals surface area contributed by atoms with Crippen LogP contribution in [0.2, 0.25) is 0 Å². The third kappa shape index (κ3) is 4.56. The third-order valence-corrected chi connectivity index (χ3v) is 4.82. The number of aryl methyl sites for hydroxylation is 1.